The van der Waals surface area contributed by atoms with Crippen LogP contribution in [0.4, 0.5) is 0 Å². The first-order chi connectivity index (χ1) is 8.27. The van der Waals surface area contributed by atoms with Crippen molar-refractivity contribution in [3.8, 4) is 0 Å². The number of fused-ring (bicyclic) bond motifs is 1. The third-order valence-electron chi connectivity index (χ3n) is 3.33. The molecule has 1 aliphatic rings. The summed E-state index contributed by atoms with van der Waals surface area (Å²) < 4.78 is 0.928. The van der Waals surface area contributed by atoms with E-state index in [1.807, 2.05) is 22.9 Å². The lowest BCUT2D eigenvalue weighted by molar-refractivity contribution is 0.0959. The summed E-state index contributed by atoms with van der Waals surface area (Å²) in [6.45, 7) is 0. The van der Waals surface area contributed by atoms with Crippen molar-refractivity contribution >= 4 is 33.0 Å². The number of hydrogen-bond acceptors (Lipinski definition) is 2. The predicted octanol–water partition coefficient (Wildman–Crippen LogP) is 4.42. The van der Waals surface area contributed by atoms with Gasteiger partial charge in [0.05, 0.1) is 0 Å². The zero-order valence-corrected chi connectivity index (χ0v) is 11.6. The number of aryl methyl sites for hydroxylation is 1. The minimum Gasteiger partial charge on any atom is -0.293 e. The standard InChI is InChI=1S/C14H11BrOS/c15-13-8-17-7-12(13)14(16)11-6-5-9-3-1-2-4-10(9)11/h1-4,7-8,11H,5-6H2. The fraction of sp³-hybridized carbons (Fsp3) is 0.214. The Hall–Kier alpha value is -0.930. The van der Waals surface area contributed by atoms with Gasteiger partial charge in [-0.2, -0.15) is 11.3 Å². The van der Waals surface area contributed by atoms with Gasteiger partial charge >= 0.3 is 0 Å². The third kappa shape index (κ3) is 1.87. The third-order valence-corrected chi connectivity index (χ3v) is 5.03. The number of Topliss-reactive ketones (excluding diaryl/α,β-unsaturated/α-hetero) is 1. The quantitative estimate of drug-likeness (QED) is 0.750. The average Bonchev–Trinajstić information content (AvgIpc) is 2.94. The van der Waals surface area contributed by atoms with E-state index in [1.165, 1.54) is 11.1 Å². The highest BCUT2D eigenvalue weighted by molar-refractivity contribution is 9.10. The minimum atomic E-state index is 0.0529. The molecule has 3 heteroatoms. The van der Waals surface area contributed by atoms with E-state index in [4.69, 9.17) is 0 Å². The molecule has 1 aromatic carbocycles. The molecule has 1 aliphatic carbocycles. The largest absolute Gasteiger partial charge is 0.293 e. The summed E-state index contributed by atoms with van der Waals surface area (Å²) in [5, 5.41) is 3.90. The van der Waals surface area contributed by atoms with E-state index in [0.717, 1.165) is 22.9 Å². The molecule has 1 atom stereocenters. The molecular formula is C14H11BrOS. The number of hydrogen-bond donors (Lipinski definition) is 0. The highest BCUT2D eigenvalue weighted by Crippen LogP contribution is 2.37. The summed E-state index contributed by atoms with van der Waals surface area (Å²) in [6.07, 6.45) is 1.97. The molecular weight excluding hydrogens is 296 g/mol. The average molecular weight is 307 g/mol. The van der Waals surface area contributed by atoms with Crippen LogP contribution in [-0.4, -0.2) is 5.78 Å². The Morgan fingerprint density at radius 2 is 2.12 bits per heavy atom. The summed E-state index contributed by atoms with van der Waals surface area (Å²) >= 11 is 5.01. The van der Waals surface area contributed by atoms with Gasteiger partial charge in [0.25, 0.3) is 0 Å². The molecule has 1 unspecified atom stereocenters. The van der Waals surface area contributed by atoms with Crippen LogP contribution in [0.25, 0.3) is 0 Å². The smallest absolute Gasteiger partial charge is 0.172 e. The second kappa shape index (κ2) is 4.39. The molecule has 0 N–H and O–H groups in total. The van der Waals surface area contributed by atoms with Crippen molar-refractivity contribution < 1.29 is 4.79 Å². The van der Waals surface area contributed by atoms with E-state index in [-0.39, 0.29) is 11.7 Å². The Kier molecular flexibility index (Phi) is 2.89. The number of rotatable bonds is 2. The van der Waals surface area contributed by atoms with Crippen LogP contribution in [0.15, 0.2) is 39.5 Å². The van der Waals surface area contributed by atoms with E-state index < -0.39 is 0 Å². The zero-order chi connectivity index (χ0) is 11.8. The number of thiophene rings is 1. The van der Waals surface area contributed by atoms with Gasteiger partial charge in [-0.3, -0.25) is 4.79 Å². The van der Waals surface area contributed by atoms with Crippen molar-refractivity contribution in [2.24, 2.45) is 0 Å². The highest BCUT2D eigenvalue weighted by Gasteiger charge is 2.29. The Bertz CT molecular complexity index is 573. The normalized spacial score (nSPS) is 18.1. The molecule has 17 heavy (non-hydrogen) atoms. The summed E-state index contributed by atoms with van der Waals surface area (Å²) in [4.78, 5) is 12.5. The number of halogens is 1. The van der Waals surface area contributed by atoms with Crippen LogP contribution in [0.2, 0.25) is 0 Å². The van der Waals surface area contributed by atoms with Gasteiger partial charge in [0.1, 0.15) is 0 Å². The van der Waals surface area contributed by atoms with Crippen LogP contribution in [0.3, 0.4) is 0 Å². The number of benzene rings is 1. The first kappa shape index (κ1) is 11.2. The van der Waals surface area contributed by atoms with Gasteiger partial charge < -0.3 is 0 Å². The van der Waals surface area contributed by atoms with Crippen molar-refractivity contribution in [3.63, 3.8) is 0 Å². The molecule has 86 valence electrons. The lowest BCUT2D eigenvalue weighted by atomic mass is 9.93. The van der Waals surface area contributed by atoms with Crippen molar-refractivity contribution in [3.05, 3.63) is 56.2 Å². The zero-order valence-electron chi connectivity index (χ0n) is 9.15. The second-order valence-corrected chi connectivity index (χ2v) is 5.89. The fourth-order valence-electron chi connectivity index (χ4n) is 2.47. The van der Waals surface area contributed by atoms with Gasteiger partial charge in [0.2, 0.25) is 0 Å². The lowest BCUT2D eigenvalue weighted by Gasteiger charge is -2.09. The summed E-state index contributed by atoms with van der Waals surface area (Å²) in [6, 6.07) is 8.29. The maximum absolute atomic E-state index is 12.5. The molecule has 2 aromatic rings. The Balaban J connectivity index is 1.98. The van der Waals surface area contributed by atoms with Crippen molar-refractivity contribution in [1.29, 1.82) is 0 Å². The molecule has 0 saturated heterocycles. The van der Waals surface area contributed by atoms with E-state index >= 15 is 0 Å². The van der Waals surface area contributed by atoms with Crippen LogP contribution in [0, 0.1) is 0 Å². The molecule has 1 nitrogen and oxygen atoms in total. The van der Waals surface area contributed by atoms with Crippen molar-refractivity contribution in [1.82, 2.24) is 0 Å². The molecule has 1 aromatic heterocycles. The van der Waals surface area contributed by atoms with Crippen molar-refractivity contribution in [2.45, 2.75) is 18.8 Å². The maximum Gasteiger partial charge on any atom is 0.172 e. The van der Waals surface area contributed by atoms with Crippen molar-refractivity contribution in [2.75, 3.05) is 0 Å². The van der Waals surface area contributed by atoms with Crippen LogP contribution < -0.4 is 0 Å². The Morgan fingerprint density at radius 3 is 2.88 bits per heavy atom. The molecule has 0 aliphatic heterocycles. The minimum absolute atomic E-state index is 0.0529. The molecule has 1 heterocycles. The van der Waals surface area contributed by atoms with Gasteiger partial charge in [-0.1, -0.05) is 24.3 Å². The number of carbonyl (C=O) groups is 1. The number of ketones is 1. The SMILES string of the molecule is O=C(c1cscc1Br)C1CCc2ccccc21. The summed E-state index contributed by atoms with van der Waals surface area (Å²) in [5.41, 5.74) is 3.38. The van der Waals surface area contributed by atoms with Gasteiger partial charge in [0.15, 0.2) is 5.78 Å². The predicted molar refractivity (Wildman–Crippen MR) is 73.9 cm³/mol. The van der Waals surface area contributed by atoms with Crippen LogP contribution in [0.1, 0.15) is 33.8 Å². The van der Waals surface area contributed by atoms with E-state index in [9.17, 15) is 4.79 Å². The van der Waals surface area contributed by atoms with Crippen LogP contribution in [-0.2, 0) is 6.42 Å². The monoisotopic (exact) mass is 306 g/mol. The molecule has 0 fully saturated rings. The Morgan fingerprint density at radius 1 is 1.29 bits per heavy atom. The second-order valence-electron chi connectivity index (χ2n) is 4.29. The fourth-order valence-corrected chi connectivity index (χ4v) is 3.95. The molecule has 0 radical (unpaired) electrons. The van der Waals surface area contributed by atoms with Crippen LogP contribution >= 0.6 is 27.3 Å². The molecule has 0 amide bonds. The molecule has 0 bridgehead atoms. The van der Waals surface area contributed by atoms with Gasteiger partial charge in [-0.05, 0) is 39.9 Å². The first-order valence-corrected chi connectivity index (χ1v) is 7.34. The van der Waals surface area contributed by atoms with Gasteiger partial charge in [-0.25, -0.2) is 0 Å². The first-order valence-electron chi connectivity index (χ1n) is 5.61. The van der Waals surface area contributed by atoms with Gasteiger partial charge in [-0.15, -0.1) is 0 Å². The molecule has 0 spiro atoms. The van der Waals surface area contributed by atoms with Crippen LogP contribution in [0.5, 0.6) is 0 Å². The maximum atomic E-state index is 12.5. The highest BCUT2D eigenvalue weighted by atomic mass is 79.9. The van der Waals surface area contributed by atoms with Gasteiger partial charge in [0, 0.05) is 26.7 Å². The summed E-state index contributed by atoms with van der Waals surface area (Å²) in [5.74, 6) is 0.306. The topological polar surface area (TPSA) is 17.1 Å². The Labute approximate surface area is 113 Å². The lowest BCUT2D eigenvalue weighted by Crippen LogP contribution is -2.09. The number of carbonyl (C=O) groups excluding carboxylic acids is 1. The molecule has 3 rings (SSSR count). The van der Waals surface area contributed by atoms with E-state index in [2.05, 4.69) is 28.1 Å². The van der Waals surface area contributed by atoms with E-state index in [1.54, 1.807) is 11.3 Å². The van der Waals surface area contributed by atoms with E-state index in [0.29, 0.717) is 0 Å². The molecule has 0 saturated carbocycles. The summed E-state index contributed by atoms with van der Waals surface area (Å²) in [7, 11) is 0.